The van der Waals surface area contributed by atoms with Crippen LogP contribution in [0.2, 0.25) is 0 Å². The lowest BCUT2D eigenvalue weighted by molar-refractivity contribution is 0.0741. The Labute approximate surface area is 136 Å². The number of rotatable bonds is 4. The normalized spacial score (nSPS) is 17.3. The molecule has 0 aliphatic carbocycles. The first-order valence-electron chi connectivity index (χ1n) is 7.99. The van der Waals surface area contributed by atoms with Crippen LogP contribution in [0.1, 0.15) is 23.2 Å². The monoisotopic (exact) mass is 310 g/mol. The summed E-state index contributed by atoms with van der Waals surface area (Å²) in [5, 5.41) is 0. The predicted molar refractivity (Wildman–Crippen MR) is 91.5 cm³/mol. The van der Waals surface area contributed by atoms with Gasteiger partial charge in [0, 0.05) is 30.3 Å². The minimum Gasteiger partial charge on any atom is -0.496 e. The number of nitrogens with two attached hydrogens (primary N) is 1. The average Bonchev–Trinajstić information content (AvgIpc) is 3.10. The van der Waals surface area contributed by atoms with Crippen molar-refractivity contribution in [2.45, 2.75) is 18.9 Å². The number of ether oxygens (including phenoxy) is 1. The van der Waals surface area contributed by atoms with Crippen molar-refractivity contribution in [2.75, 3.05) is 20.2 Å². The lowest BCUT2D eigenvalue weighted by Gasteiger charge is -2.24. The van der Waals surface area contributed by atoms with Crippen molar-refractivity contribution in [1.29, 1.82) is 0 Å². The van der Waals surface area contributed by atoms with Crippen molar-refractivity contribution in [3.8, 4) is 16.9 Å². The number of likely N-dealkylation sites (tertiary alicyclic amines) is 1. The topological polar surface area (TPSA) is 55.6 Å². The molecule has 0 radical (unpaired) electrons. The summed E-state index contributed by atoms with van der Waals surface area (Å²) in [7, 11) is 1.65. The highest BCUT2D eigenvalue weighted by atomic mass is 16.5. The van der Waals surface area contributed by atoms with Crippen LogP contribution >= 0.6 is 0 Å². The molecule has 0 saturated carbocycles. The largest absolute Gasteiger partial charge is 0.496 e. The second-order valence-electron chi connectivity index (χ2n) is 5.81. The van der Waals surface area contributed by atoms with E-state index in [9.17, 15) is 4.79 Å². The van der Waals surface area contributed by atoms with E-state index in [0.717, 1.165) is 36.3 Å². The number of hydrogen-bond donors (Lipinski definition) is 1. The van der Waals surface area contributed by atoms with Crippen molar-refractivity contribution >= 4 is 5.91 Å². The summed E-state index contributed by atoms with van der Waals surface area (Å²) < 4.78 is 5.46. The van der Waals surface area contributed by atoms with Gasteiger partial charge in [-0.2, -0.15) is 0 Å². The minimum absolute atomic E-state index is 0.0535. The van der Waals surface area contributed by atoms with E-state index in [1.807, 2.05) is 53.4 Å². The molecule has 1 aliphatic heterocycles. The van der Waals surface area contributed by atoms with Crippen molar-refractivity contribution in [2.24, 2.45) is 5.73 Å². The maximum atomic E-state index is 12.8. The molecule has 0 bridgehead atoms. The third kappa shape index (κ3) is 3.08. The number of methoxy groups -OCH3 is 1. The van der Waals surface area contributed by atoms with Gasteiger partial charge in [-0.15, -0.1) is 0 Å². The zero-order valence-electron chi connectivity index (χ0n) is 13.4. The molecule has 1 amide bonds. The third-order valence-corrected chi connectivity index (χ3v) is 4.44. The van der Waals surface area contributed by atoms with Gasteiger partial charge in [0.1, 0.15) is 5.75 Å². The minimum atomic E-state index is 0.0535. The molecular weight excluding hydrogens is 288 g/mol. The Morgan fingerprint density at radius 2 is 2.04 bits per heavy atom. The summed E-state index contributed by atoms with van der Waals surface area (Å²) in [5.41, 5.74) is 8.45. The van der Waals surface area contributed by atoms with Crippen LogP contribution in [0, 0.1) is 0 Å². The second kappa shape index (κ2) is 6.84. The van der Waals surface area contributed by atoms with Crippen molar-refractivity contribution in [3.63, 3.8) is 0 Å². The van der Waals surface area contributed by atoms with Gasteiger partial charge < -0.3 is 15.4 Å². The highest BCUT2D eigenvalue weighted by Gasteiger charge is 2.28. The maximum absolute atomic E-state index is 12.8. The summed E-state index contributed by atoms with van der Waals surface area (Å²) in [5.74, 6) is 0.822. The molecule has 1 heterocycles. The summed E-state index contributed by atoms with van der Waals surface area (Å²) >= 11 is 0. The van der Waals surface area contributed by atoms with Gasteiger partial charge in [0.2, 0.25) is 0 Å². The fourth-order valence-corrected chi connectivity index (χ4v) is 3.20. The number of hydrogen-bond acceptors (Lipinski definition) is 3. The Morgan fingerprint density at radius 3 is 2.74 bits per heavy atom. The van der Waals surface area contributed by atoms with Gasteiger partial charge in [-0.1, -0.05) is 30.3 Å². The van der Waals surface area contributed by atoms with Crippen LogP contribution in [-0.2, 0) is 0 Å². The molecule has 1 aliphatic rings. The Balaban J connectivity index is 1.96. The molecule has 2 N–H and O–H groups in total. The summed E-state index contributed by atoms with van der Waals surface area (Å²) in [6.07, 6.45) is 2.01. The molecule has 2 aromatic rings. The fraction of sp³-hybridized carbons (Fsp3) is 0.316. The number of nitrogens with zero attached hydrogens (tertiary/aromatic N) is 1. The second-order valence-corrected chi connectivity index (χ2v) is 5.81. The van der Waals surface area contributed by atoms with Crippen molar-refractivity contribution < 1.29 is 9.53 Å². The summed E-state index contributed by atoms with van der Waals surface area (Å²) in [4.78, 5) is 14.7. The van der Waals surface area contributed by atoms with Gasteiger partial charge in [-0.05, 0) is 36.6 Å². The van der Waals surface area contributed by atoms with Crippen LogP contribution in [-0.4, -0.2) is 37.0 Å². The highest BCUT2D eigenvalue weighted by molar-refractivity contribution is 5.96. The standard InChI is InChI=1S/C19H22N2O2/c1-23-18-10-9-15(12-17(18)14-6-3-2-4-7-14)19(22)21-11-5-8-16(21)13-20/h2-4,6-7,9-10,12,16H,5,8,11,13,20H2,1H3/t16-/m1/s1. The molecule has 1 saturated heterocycles. The van der Waals surface area contributed by atoms with Gasteiger partial charge in [-0.25, -0.2) is 0 Å². The molecule has 4 heteroatoms. The Bertz CT molecular complexity index is 685. The van der Waals surface area contributed by atoms with Crippen LogP contribution < -0.4 is 10.5 Å². The number of carbonyl (C=O) groups excluding carboxylic acids is 1. The lowest BCUT2D eigenvalue weighted by atomic mass is 10.0. The van der Waals surface area contributed by atoms with Gasteiger partial charge in [-0.3, -0.25) is 4.79 Å². The molecular formula is C19H22N2O2. The van der Waals surface area contributed by atoms with Crippen LogP contribution in [0.25, 0.3) is 11.1 Å². The summed E-state index contributed by atoms with van der Waals surface area (Å²) in [6, 6.07) is 15.7. The zero-order chi connectivity index (χ0) is 16.2. The van der Waals surface area contributed by atoms with Gasteiger partial charge >= 0.3 is 0 Å². The van der Waals surface area contributed by atoms with Crippen LogP contribution in [0.15, 0.2) is 48.5 Å². The Morgan fingerprint density at radius 1 is 1.26 bits per heavy atom. The van der Waals surface area contributed by atoms with E-state index in [1.54, 1.807) is 7.11 Å². The quantitative estimate of drug-likeness (QED) is 0.944. The summed E-state index contributed by atoms with van der Waals surface area (Å²) in [6.45, 7) is 1.31. The molecule has 23 heavy (non-hydrogen) atoms. The third-order valence-electron chi connectivity index (χ3n) is 4.44. The predicted octanol–water partition coefficient (Wildman–Crippen LogP) is 2.93. The maximum Gasteiger partial charge on any atom is 0.254 e. The Kier molecular flexibility index (Phi) is 4.63. The van der Waals surface area contributed by atoms with E-state index < -0.39 is 0 Å². The van der Waals surface area contributed by atoms with E-state index in [0.29, 0.717) is 12.1 Å². The first-order chi connectivity index (χ1) is 11.2. The zero-order valence-corrected chi connectivity index (χ0v) is 13.4. The number of amides is 1. The number of benzene rings is 2. The van der Waals surface area contributed by atoms with Crippen LogP contribution in [0.4, 0.5) is 0 Å². The first-order valence-corrected chi connectivity index (χ1v) is 7.99. The van der Waals surface area contributed by atoms with Crippen LogP contribution in [0.3, 0.4) is 0 Å². The van der Waals surface area contributed by atoms with E-state index in [4.69, 9.17) is 10.5 Å². The molecule has 3 rings (SSSR count). The molecule has 1 atom stereocenters. The molecule has 4 nitrogen and oxygen atoms in total. The molecule has 2 aromatic carbocycles. The van der Waals surface area contributed by atoms with Crippen LogP contribution in [0.5, 0.6) is 5.75 Å². The Hall–Kier alpha value is -2.33. The van der Waals surface area contributed by atoms with Crippen molar-refractivity contribution in [3.05, 3.63) is 54.1 Å². The highest BCUT2D eigenvalue weighted by Crippen LogP contribution is 2.31. The fourth-order valence-electron chi connectivity index (χ4n) is 3.20. The van der Waals surface area contributed by atoms with Gasteiger partial charge in [0.25, 0.3) is 5.91 Å². The number of carbonyl (C=O) groups is 1. The van der Waals surface area contributed by atoms with E-state index in [1.165, 1.54) is 0 Å². The van der Waals surface area contributed by atoms with Gasteiger partial charge in [0.15, 0.2) is 0 Å². The molecule has 120 valence electrons. The van der Waals surface area contributed by atoms with E-state index in [-0.39, 0.29) is 11.9 Å². The SMILES string of the molecule is COc1ccc(C(=O)N2CCC[C@@H]2CN)cc1-c1ccccc1. The molecule has 0 aromatic heterocycles. The lowest BCUT2D eigenvalue weighted by Crippen LogP contribution is -2.39. The van der Waals surface area contributed by atoms with Gasteiger partial charge in [0.05, 0.1) is 7.11 Å². The first kappa shape index (κ1) is 15.6. The van der Waals surface area contributed by atoms with E-state index >= 15 is 0 Å². The molecule has 1 fully saturated rings. The van der Waals surface area contributed by atoms with E-state index in [2.05, 4.69) is 0 Å². The van der Waals surface area contributed by atoms with Crippen molar-refractivity contribution in [1.82, 2.24) is 4.90 Å². The molecule has 0 spiro atoms. The average molecular weight is 310 g/mol. The smallest absolute Gasteiger partial charge is 0.254 e. The molecule has 0 unspecified atom stereocenters.